The van der Waals surface area contributed by atoms with Gasteiger partial charge in [0, 0.05) is 18.3 Å². The molecule has 2 N–H and O–H groups in total. The lowest BCUT2D eigenvalue weighted by Crippen LogP contribution is -2.52. The summed E-state index contributed by atoms with van der Waals surface area (Å²) in [4.78, 5) is 12.2. The Balaban J connectivity index is 2.06. The summed E-state index contributed by atoms with van der Waals surface area (Å²) in [5, 5.41) is 6.49. The Bertz CT molecular complexity index is 391. The van der Waals surface area contributed by atoms with Gasteiger partial charge in [0.1, 0.15) is 5.69 Å². The molecule has 0 unspecified atom stereocenters. The van der Waals surface area contributed by atoms with E-state index >= 15 is 0 Å². The van der Waals surface area contributed by atoms with Gasteiger partial charge in [-0.15, -0.1) is 0 Å². The first kappa shape index (κ1) is 12.2. The van der Waals surface area contributed by atoms with Crippen LogP contribution in [0, 0.1) is 0 Å². The van der Waals surface area contributed by atoms with Crippen molar-refractivity contribution < 1.29 is 4.79 Å². The van der Waals surface area contributed by atoms with Crippen LogP contribution in [0.5, 0.6) is 0 Å². The maximum atomic E-state index is 12.2. The second-order valence-electron chi connectivity index (χ2n) is 4.94. The normalized spacial score (nSPS) is 18.9. The van der Waals surface area contributed by atoms with Crippen molar-refractivity contribution in [1.29, 1.82) is 0 Å². The van der Waals surface area contributed by atoms with Gasteiger partial charge in [0.05, 0.1) is 0 Å². The maximum absolute atomic E-state index is 12.2. The fourth-order valence-electron chi connectivity index (χ4n) is 2.34. The Kier molecular flexibility index (Phi) is 3.52. The standard InChI is InChI=1S/C13H21N3O/c1-3-16-10-4-5-11(16)12(17)15-13(2)6-8-14-9-7-13/h4-5,10,14H,3,6-9H2,1-2H3,(H,15,17). The Morgan fingerprint density at radius 3 is 2.88 bits per heavy atom. The van der Waals surface area contributed by atoms with Gasteiger partial charge >= 0.3 is 0 Å². The lowest BCUT2D eigenvalue weighted by Gasteiger charge is -2.35. The summed E-state index contributed by atoms with van der Waals surface area (Å²) in [6.07, 6.45) is 3.93. The average Bonchev–Trinajstić information content (AvgIpc) is 2.77. The van der Waals surface area contributed by atoms with Crippen LogP contribution in [0.4, 0.5) is 0 Å². The molecule has 0 spiro atoms. The lowest BCUT2D eigenvalue weighted by atomic mass is 9.90. The third-order valence-electron chi connectivity index (χ3n) is 3.53. The van der Waals surface area contributed by atoms with Gasteiger partial charge in [-0.25, -0.2) is 0 Å². The van der Waals surface area contributed by atoms with Crippen LogP contribution in [0.3, 0.4) is 0 Å². The second kappa shape index (κ2) is 4.92. The molecule has 1 saturated heterocycles. The summed E-state index contributed by atoms with van der Waals surface area (Å²) in [7, 11) is 0. The number of nitrogens with one attached hydrogen (secondary N) is 2. The maximum Gasteiger partial charge on any atom is 0.268 e. The van der Waals surface area contributed by atoms with Crippen LogP contribution < -0.4 is 10.6 Å². The molecule has 1 amide bonds. The van der Waals surface area contributed by atoms with E-state index in [2.05, 4.69) is 17.6 Å². The zero-order valence-electron chi connectivity index (χ0n) is 10.6. The molecule has 4 nitrogen and oxygen atoms in total. The minimum absolute atomic E-state index is 0.0428. The molecule has 0 aliphatic carbocycles. The van der Waals surface area contributed by atoms with Gasteiger partial charge in [-0.3, -0.25) is 4.79 Å². The first-order valence-corrected chi connectivity index (χ1v) is 6.33. The summed E-state index contributed by atoms with van der Waals surface area (Å²) < 4.78 is 1.97. The SMILES string of the molecule is CCn1cccc1C(=O)NC1(C)CCNCC1. The molecule has 1 aliphatic rings. The van der Waals surface area contributed by atoms with Gasteiger partial charge < -0.3 is 15.2 Å². The van der Waals surface area contributed by atoms with Crippen LogP contribution in [0.1, 0.15) is 37.2 Å². The highest BCUT2D eigenvalue weighted by Crippen LogP contribution is 2.18. The van der Waals surface area contributed by atoms with Gasteiger partial charge in [0.2, 0.25) is 0 Å². The minimum Gasteiger partial charge on any atom is -0.346 e. The van der Waals surface area contributed by atoms with Crippen LogP contribution in [-0.2, 0) is 6.54 Å². The van der Waals surface area contributed by atoms with E-state index in [1.54, 1.807) is 0 Å². The van der Waals surface area contributed by atoms with Crippen molar-refractivity contribution in [1.82, 2.24) is 15.2 Å². The van der Waals surface area contributed by atoms with Crippen molar-refractivity contribution in [2.75, 3.05) is 13.1 Å². The van der Waals surface area contributed by atoms with Gasteiger partial charge in [-0.1, -0.05) is 0 Å². The van der Waals surface area contributed by atoms with Crippen molar-refractivity contribution in [3.05, 3.63) is 24.0 Å². The molecule has 4 heteroatoms. The lowest BCUT2D eigenvalue weighted by molar-refractivity contribution is 0.0878. The van der Waals surface area contributed by atoms with Crippen molar-refractivity contribution in [2.24, 2.45) is 0 Å². The van der Waals surface area contributed by atoms with Crippen LogP contribution in [0.15, 0.2) is 18.3 Å². The zero-order chi connectivity index (χ0) is 12.3. The van der Waals surface area contributed by atoms with E-state index in [1.807, 2.05) is 29.8 Å². The number of aryl methyl sites for hydroxylation is 1. The quantitative estimate of drug-likeness (QED) is 0.831. The summed E-state index contributed by atoms with van der Waals surface area (Å²) >= 11 is 0. The van der Waals surface area contributed by atoms with Crippen LogP contribution in [0.2, 0.25) is 0 Å². The first-order valence-electron chi connectivity index (χ1n) is 6.33. The summed E-state index contributed by atoms with van der Waals surface area (Å²) in [6, 6.07) is 3.80. The predicted molar refractivity (Wildman–Crippen MR) is 68.1 cm³/mol. The average molecular weight is 235 g/mol. The van der Waals surface area contributed by atoms with Crippen molar-refractivity contribution in [3.8, 4) is 0 Å². The molecule has 0 atom stereocenters. The number of hydrogen-bond donors (Lipinski definition) is 2. The van der Waals surface area contributed by atoms with Crippen LogP contribution in [-0.4, -0.2) is 29.1 Å². The zero-order valence-corrected chi connectivity index (χ0v) is 10.6. The van der Waals surface area contributed by atoms with Crippen molar-refractivity contribution in [2.45, 2.75) is 38.8 Å². The Morgan fingerprint density at radius 1 is 1.53 bits per heavy atom. The first-order chi connectivity index (χ1) is 8.14. The van der Waals surface area contributed by atoms with Crippen molar-refractivity contribution in [3.63, 3.8) is 0 Å². The summed E-state index contributed by atoms with van der Waals surface area (Å²) in [5.74, 6) is 0.0428. The summed E-state index contributed by atoms with van der Waals surface area (Å²) in [6.45, 7) is 6.96. The molecule has 1 aliphatic heterocycles. The molecule has 1 aromatic heterocycles. The largest absolute Gasteiger partial charge is 0.346 e. The number of piperidine rings is 1. The van der Waals surface area contributed by atoms with E-state index in [1.165, 1.54) is 0 Å². The van der Waals surface area contributed by atoms with E-state index in [-0.39, 0.29) is 11.4 Å². The molecule has 0 radical (unpaired) electrons. The second-order valence-corrected chi connectivity index (χ2v) is 4.94. The number of rotatable bonds is 3. The predicted octanol–water partition coefficient (Wildman–Crippen LogP) is 1.38. The molecule has 17 heavy (non-hydrogen) atoms. The molecule has 1 fully saturated rings. The van der Waals surface area contributed by atoms with Gasteiger partial charge in [0.15, 0.2) is 0 Å². The molecule has 0 saturated carbocycles. The van der Waals surface area contributed by atoms with E-state index in [0.29, 0.717) is 0 Å². The number of amides is 1. The third-order valence-corrected chi connectivity index (χ3v) is 3.53. The number of aromatic nitrogens is 1. The molecule has 0 aromatic carbocycles. The molecule has 94 valence electrons. The number of carbonyl (C=O) groups excluding carboxylic acids is 1. The molecular formula is C13H21N3O. The number of hydrogen-bond acceptors (Lipinski definition) is 2. The van der Waals surface area contributed by atoms with Crippen molar-refractivity contribution >= 4 is 5.91 Å². The Labute approximate surface area is 102 Å². The fraction of sp³-hybridized carbons (Fsp3) is 0.615. The van der Waals surface area contributed by atoms with Gasteiger partial charge in [0.25, 0.3) is 5.91 Å². The monoisotopic (exact) mass is 235 g/mol. The Morgan fingerprint density at radius 2 is 2.24 bits per heavy atom. The van der Waals surface area contributed by atoms with E-state index in [9.17, 15) is 4.79 Å². The fourth-order valence-corrected chi connectivity index (χ4v) is 2.34. The highest BCUT2D eigenvalue weighted by Gasteiger charge is 2.29. The topological polar surface area (TPSA) is 46.1 Å². The minimum atomic E-state index is -0.0643. The van der Waals surface area contributed by atoms with Crippen LogP contribution >= 0.6 is 0 Å². The van der Waals surface area contributed by atoms with Gasteiger partial charge in [-0.05, 0) is 51.9 Å². The van der Waals surface area contributed by atoms with E-state index < -0.39 is 0 Å². The van der Waals surface area contributed by atoms with Crippen LogP contribution in [0.25, 0.3) is 0 Å². The molecule has 1 aromatic rings. The highest BCUT2D eigenvalue weighted by atomic mass is 16.2. The Hall–Kier alpha value is -1.29. The highest BCUT2D eigenvalue weighted by molar-refractivity contribution is 5.93. The van der Waals surface area contributed by atoms with E-state index in [0.717, 1.165) is 38.2 Å². The molecule has 0 bridgehead atoms. The molecule has 2 rings (SSSR count). The number of nitrogens with zero attached hydrogens (tertiary/aromatic N) is 1. The van der Waals surface area contributed by atoms with Gasteiger partial charge in [-0.2, -0.15) is 0 Å². The summed E-state index contributed by atoms with van der Waals surface area (Å²) in [5.41, 5.74) is 0.692. The van der Waals surface area contributed by atoms with E-state index in [4.69, 9.17) is 0 Å². The molecular weight excluding hydrogens is 214 g/mol. The molecule has 2 heterocycles. The number of carbonyl (C=O) groups is 1. The third kappa shape index (κ3) is 2.69. The smallest absolute Gasteiger partial charge is 0.268 e.